The Morgan fingerprint density at radius 1 is 0.403 bits per heavy atom. The molecule has 394 valence electrons. The van der Waals surface area contributed by atoms with E-state index in [0.717, 1.165) is 64.2 Å². The van der Waals surface area contributed by atoms with Gasteiger partial charge in [-0.05, 0) is 83.5 Å². The smallest absolute Gasteiger partial charge is 0.305 e. The van der Waals surface area contributed by atoms with Crippen LogP contribution in [0.2, 0.25) is 0 Å². The van der Waals surface area contributed by atoms with Crippen LogP contribution >= 0.6 is 0 Å². The second-order valence-electron chi connectivity index (χ2n) is 20.3. The number of ether oxygens (including phenoxy) is 1. The Bertz CT molecular complexity index is 1090. The van der Waals surface area contributed by atoms with Crippen LogP contribution in [0.1, 0.15) is 316 Å². The molecule has 0 fully saturated rings. The fourth-order valence-electron chi connectivity index (χ4n) is 9.03. The van der Waals surface area contributed by atoms with Gasteiger partial charge in [0.15, 0.2) is 0 Å². The molecular formula is C61H115NO5. The topological polar surface area (TPSA) is 95.9 Å². The van der Waals surface area contributed by atoms with E-state index in [2.05, 4.69) is 43.5 Å². The first-order valence-corrected chi connectivity index (χ1v) is 29.8. The van der Waals surface area contributed by atoms with Crippen LogP contribution in [0.3, 0.4) is 0 Å². The number of aliphatic hydroxyl groups is 2. The molecule has 0 spiro atoms. The minimum absolute atomic E-state index is 0.00718. The quantitative estimate of drug-likeness (QED) is 0.0321. The molecular weight excluding hydrogens is 827 g/mol. The molecule has 0 aliphatic heterocycles. The Kier molecular flexibility index (Phi) is 55.0. The number of rotatable bonds is 55. The molecule has 0 heterocycles. The number of carbonyl (C=O) groups excluding carboxylic acids is 2. The standard InChI is InChI=1S/C61H115NO5/c1-3-5-7-9-11-13-15-17-18-19-20-23-26-30-33-37-41-45-49-53-59(64)58(57-63)62-60(65)54-50-46-42-38-34-31-27-24-21-22-25-28-32-36-40-44-48-52-56-67-61(66)55-51-47-43-39-35-29-16-14-12-10-8-6-4-2/h14,16,24,27,49,53,58-59,63-64H,3-13,15,17-23,25-26,28-48,50-52,54-57H2,1-2H3,(H,62,65)/b16-14-,27-24-,53-49+. The Labute approximate surface area is 417 Å². The molecule has 0 bridgehead atoms. The van der Waals surface area contributed by atoms with Crippen LogP contribution in [0.25, 0.3) is 0 Å². The van der Waals surface area contributed by atoms with E-state index in [1.165, 1.54) is 225 Å². The van der Waals surface area contributed by atoms with Crippen molar-refractivity contribution in [2.45, 2.75) is 328 Å². The Balaban J connectivity index is 3.49. The molecule has 2 unspecified atom stereocenters. The lowest BCUT2D eigenvalue weighted by Crippen LogP contribution is -2.45. The Morgan fingerprint density at radius 3 is 1.07 bits per heavy atom. The predicted molar refractivity (Wildman–Crippen MR) is 292 cm³/mol. The number of carbonyl (C=O) groups is 2. The molecule has 0 saturated heterocycles. The normalized spacial score (nSPS) is 12.8. The van der Waals surface area contributed by atoms with Crippen molar-refractivity contribution >= 4 is 11.9 Å². The first-order valence-electron chi connectivity index (χ1n) is 29.8. The Hall–Kier alpha value is -1.92. The van der Waals surface area contributed by atoms with Gasteiger partial charge in [-0.2, -0.15) is 0 Å². The van der Waals surface area contributed by atoms with Gasteiger partial charge in [0.05, 0.1) is 25.4 Å². The molecule has 6 heteroatoms. The first-order chi connectivity index (χ1) is 33.0. The molecule has 0 aromatic carbocycles. The summed E-state index contributed by atoms with van der Waals surface area (Å²) in [4.78, 5) is 24.5. The summed E-state index contributed by atoms with van der Waals surface area (Å²) in [5.74, 6) is -0.0880. The summed E-state index contributed by atoms with van der Waals surface area (Å²) in [6.07, 6.45) is 70.2. The van der Waals surface area contributed by atoms with Crippen molar-refractivity contribution in [3.8, 4) is 0 Å². The number of unbranched alkanes of at least 4 members (excludes halogenated alkanes) is 40. The van der Waals surface area contributed by atoms with Gasteiger partial charge in [0.25, 0.3) is 0 Å². The Morgan fingerprint density at radius 2 is 0.701 bits per heavy atom. The second kappa shape index (κ2) is 56.7. The fraction of sp³-hybridized carbons (Fsp3) is 0.869. The largest absolute Gasteiger partial charge is 0.466 e. The molecule has 2 atom stereocenters. The number of hydrogen-bond acceptors (Lipinski definition) is 5. The maximum atomic E-state index is 12.5. The van der Waals surface area contributed by atoms with Gasteiger partial charge in [-0.25, -0.2) is 0 Å². The van der Waals surface area contributed by atoms with Crippen LogP contribution in [0.15, 0.2) is 36.5 Å². The molecule has 0 aromatic heterocycles. The molecule has 0 aliphatic carbocycles. The van der Waals surface area contributed by atoms with Crippen molar-refractivity contribution in [3.63, 3.8) is 0 Å². The van der Waals surface area contributed by atoms with Crippen LogP contribution in [0.5, 0.6) is 0 Å². The summed E-state index contributed by atoms with van der Waals surface area (Å²) < 4.78 is 5.46. The van der Waals surface area contributed by atoms with Crippen molar-refractivity contribution in [3.05, 3.63) is 36.5 Å². The van der Waals surface area contributed by atoms with E-state index in [-0.39, 0.29) is 18.5 Å². The molecule has 0 aromatic rings. The number of amides is 1. The number of aliphatic hydroxyl groups excluding tert-OH is 2. The summed E-state index contributed by atoms with van der Waals surface area (Å²) in [7, 11) is 0. The molecule has 67 heavy (non-hydrogen) atoms. The van der Waals surface area contributed by atoms with Gasteiger partial charge in [-0.1, -0.05) is 256 Å². The number of nitrogens with one attached hydrogen (secondary N) is 1. The SMILES string of the molecule is CCCCCC/C=C\CCCCCCCC(=O)OCCCCCCCCCCC/C=C\CCCCCCCC(=O)NC(CO)C(O)/C=C/CCCCCCCCCCCCCCCCCCC. The third kappa shape index (κ3) is 53.3. The lowest BCUT2D eigenvalue weighted by molar-refractivity contribution is -0.143. The van der Waals surface area contributed by atoms with E-state index in [1.54, 1.807) is 6.08 Å². The van der Waals surface area contributed by atoms with E-state index in [1.807, 2.05) is 6.08 Å². The van der Waals surface area contributed by atoms with E-state index in [9.17, 15) is 19.8 Å². The van der Waals surface area contributed by atoms with Crippen molar-refractivity contribution in [2.24, 2.45) is 0 Å². The lowest BCUT2D eigenvalue weighted by atomic mass is 10.0. The van der Waals surface area contributed by atoms with Crippen molar-refractivity contribution in [2.75, 3.05) is 13.2 Å². The van der Waals surface area contributed by atoms with Crippen LogP contribution < -0.4 is 5.32 Å². The third-order valence-corrected chi connectivity index (χ3v) is 13.6. The minimum Gasteiger partial charge on any atom is -0.466 e. The van der Waals surface area contributed by atoms with Gasteiger partial charge in [-0.15, -0.1) is 0 Å². The summed E-state index contributed by atoms with van der Waals surface area (Å²) in [5.41, 5.74) is 0. The monoisotopic (exact) mass is 942 g/mol. The minimum atomic E-state index is -0.854. The molecule has 0 aliphatic rings. The van der Waals surface area contributed by atoms with Crippen molar-refractivity contribution in [1.82, 2.24) is 5.32 Å². The highest BCUT2D eigenvalue weighted by molar-refractivity contribution is 5.76. The van der Waals surface area contributed by atoms with Gasteiger partial charge in [-0.3, -0.25) is 9.59 Å². The zero-order valence-electron chi connectivity index (χ0n) is 44.9. The van der Waals surface area contributed by atoms with Crippen LogP contribution in [-0.2, 0) is 14.3 Å². The highest BCUT2D eigenvalue weighted by Crippen LogP contribution is 2.16. The third-order valence-electron chi connectivity index (χ3n) is 13.6. The van der Waals surface area contributed by atoms with Gasteiger partial charge < -0.3 is 20.3 Å². The average molecular weight is 943 g/mol. The molecule has 1 amide bonds. The first kappa shape index (κ1) is 65.1. The van der Waals surface area contributed by atoms with Gasteiger partial charge in [0.1, 0.15) is 0 Å². The maximum absolute atomic E-state index is 12.5. The average Bonchev–Trinajstić information content (AvgIpc) is 3.33. The zero-order valence-corrected chi connectivity index (χ0v) is 44.9. The van der Waals surface area contributed by atoms with E-state index >= 15 is 0 Å². The zero-order chi connectivity index (χ0) is 48.6. The van der Waals surface area contributed by atoms with Crippen molar-refractivity contribution in [1.29, 1.82) is 0 Å². The van der Waals surface area contributed by atoms with Crippen LogP contribution in [-0.4, -0.2) is 47.4 Å². The van der Waals surface area contributed by atoms with Crippen LogP contribution in [0.4, 0.5) is 0 Å². The summed E-state index contributed by atoms with van der Waals surface area (Å²) >= 11 is 0. The van der Waals surface area contributed by atoms with E-state index < -0.39 is 12.1 Å². The molecule has 0 radical (unpaired) electrons. The number of allylic oxidation sites excluding steroid dienone is 5. The maximum Gasteiger partial charge on any atom is 0.305 e. The number of esters is 1. The van der Waals surface area contributed by atoms with E-state index in [4.69, 9.17) is 4.74 Å². The van der Waals surface area contributed by atoms with Gasteiger partial charge >= 0.3 is 5.97 Å². The molecule has 0 rings (SSSR count). The fourth-order valence-corrected chi connectivity index (χ4v) is 9.03. The van der Waals surface area contributed by atoms with Crippen LogP contribution in [0, 0.1) is 0 Å². The lowest BCUT2D eigenvalue weighted by Gasteiger charge is -2.20. The molecule has 6 nitrogen and oxygen atoms in total. The van der Waals surface area contributed by atoms with Gasteiger partial charge in [0.2, 0.25) is 5.91 Å². The highest BCUT2D eigenvalue weighted by atomic mass is 16.5. The second-order valence-corrected chi connectivity index (χ2v) is 20.3. The predicted octanol–water partition coefficient (Wildman–Crippen LogP) is 18.4. The molecule has 3 N–H and O–H groups in total. The summed E-state index contributed by atoms with van der Waals surface area (Å²) in [6, 6.07) is -0.639. The summed E-state index contributed by atoms with van der Waals surface area (Å²) in [6.45, 7) is 4.88. The van der Waals surface area contributed by atoms with Crippen molar-refractivity contribution < 1.29 is 24.5 Å². The van der Waals surface area contributed by atoms with E-state index in [0.29, 0.717) is 19.4 Å². The highest BCUT2D eigenvalue weighted by Gasteiger charge is 2.18. The summed E-state index contributed by atoms with van der Waals surface area (Å²) in [5, 5.41) is 23.2. The number of hydrogen-bond donors (Lipinski definition) is 3. The van der Waals surface area contributed by atoms with Gasteiger partial charge in [0, 0.05) is 12.8 Å². The molecule has 0 saturated carbocycles.